The average Bonchev–Trinajstić information content (AvgIpc) is 2.14. The number of carbonyl (C=O) groups excluding carboxylic acids is 1. The van der Waals surface area contributed by atoms with Crippen LogP contribution in [0.25, 0.3) is 0 Å². The van der Waals surface area contributed by atoms with Gasteiger partial charge in [-0.05, 0) is 40.5 Å². The van der Waals surface area contributed by atoms with Crippen LogP contribution in [-0.2, 0) is 9.30 Å². The first-order chi connectivity index (χ1) is 7.59. The maximum Gasteiger partial charge on any atom is 0.414 e. The molecule has 1 unspecified atom stereocenters. The van der Waals surface area contributed by atoms with Crippen molar-refractivity contribution in [1.29, 1.82) is 0 Å². The fraction of sp³-hybridized carbons (Fsp3) is 0.750. The SMILES string of the molecule is CC(C)(C)OC(=O)N1C=CC(P(C)(C)=O)CC1. The van der Waals surface area contributed by atoms with E-state index < -0.39 is 12.7 Å². The molecule has 1 atom stereocenters. The van der Waals surface area contributed by atoms with Gasteiger partial charge in [-0.1, -0.05) is 6.08 Å². The summed E-state index contributed by atoms with van der Waals surface area (Å²) in [5, 5.41) is 0. The van der Waals surface area contributed by atoms with Gasteiger partial charge in [0.2, 0.25) is 0 Å². The summed E-state index contributed by atoms with van der Waals surface area (Å²) in [5.74, 6) is 0. The summed E-state index contributed by atoms with van der Waals surface area (Å²) in [5.41, 5.74) is -0.395. The Morgan fingerprint density at radius 3 is 2.35 bits per heavy atom. The Balaban J connectivity index is 2.62. The second-order valence-electron chi connectivity index (χ2n) is 5.81. The lowest BCUT2D eigenvalue weighted by Crippen LogP contribution is -2.36. The lowest BCUT2D eigenvalue weighted by Gasteiger charge is -2.30. The Morgan fingerprint density at radius 1 is 1.41 bits per heavy atom. The first kappa shape index (κ1) is 14.3. The smallest absolute Gasteiger partial charge is 0.414 e. The number of allylic oxidation sites excluding steroid dienone is 1. The summed E-state index contributed by atoms with van der Waals surface area (Å²) in [6, 6.07) is 0. The molecule has 0 aliphatic carbocycles. The maximum atomic E-state index is 11.9. The van der Waals surface area contributed by atoms with Crippen LogP contribution in [0.15, 0.2) is 12.3 Å². The molecular formula is C12H22NO3P. The standard InChI is InChI=1S/C12H22NO3P/c1-12(2,3)16-11(14)13-8-6-10(7-9-13)17(4,5)15/h6,8,10H,7,9H2,1-5H3. The van der Waals surface area contributed by atoms with E-state index in [9.17, 15) is 9.36 Å². The van der Waals surface area contributed by atoms with Gasteiger partial charge < -0.3 is 9.30 Å². The molecule has 0 aromatic heterocycles. The third-order valence-corrected chi connectivity index (χ3v) is 4.61. The van der Waals surface area contributed by atoms with Gasteiger partial charge in [0.1, 0.15) is 5.60 Å². The number of carbonyl (C=O) groups is 1. The van der Waals surface area contributed by atoms with Crippen LogP contribution in [0.5, 0.6) is 0 Å². The first-order valence-electron chi connectivity index (χ1n) is 5.82. The Morgan fingerprint density at radius 2 is 2.00 bits per heavy atom. The molecule has 0 radical (unpaired) electrons. The van der Waals surface area contributed by atoms with E-state index in [-0.39, 0.29) is 11.8 Å². The third kappa shape index (κ3) is 4.55. The second-order valence-corrected chi connectivity index (χ2v) is 9.34. The highest BCUT2D eigenvalue weighted by Gasteiger charge is 2.28. The van der Waals surface area contributed by atoms with Gasteiger partial charge in [0, 0.05) is 18.4 Å². The number of hydrogen-bond donors (Lipinski definition) is 0. The second kappa shape index (κ2) is 4.85. The summed E-state index contributed by atoms with van der Waals surface area (Å²) in [4.78, 5) is 13.3. The van der Waals surface area contributed by atoms with Crippen molar-refractivity contribution in [1.82, 2.24) is 4.90 Å². The number of amides is 1. The molecule has 1 aliphatic heterocycles. The molecule has 4 nitrogen and oxygen atoms in total. The van der Waals surface area contributed by atoms with Crippen LogP contribution in [0.3, 0.4) is 0 Å². The molecule has 0 saturated heterocycles. The molecule has 1 amide bonds. The minimum absolute atomic E-state index is 0.0844. The van der Waals surface area contributed by atoms with E-state index >= 15 is 0 Å². The molecule has 1 heterocycles. The minimum atomic E-state index is -2.10. The number of ether oxygens (including phenoxy) is 1. The van der Waals surface area contributed by atoms with Crippen LogP contribution in [0, 0.1) is 0 Å². The van der Waals surface area contributed by atoms with Gasteiger partial charge in [-0.3, -0.25) is 4.90 Å². The Kier molecular flexibility index (Phi) is 4.08. The Labute approximate surface area is 103 Å². The topological polar surface area (TPSA) is 46.6 Å². The van der Waals surface area contributed by atoms with Crippen molar-refractivity contribution in [3.05, 3.63) is 12.3 Å². The molecule has 0 N–H and O–H groups in total. The van der Waals surface area contributed by atoms with E-state index in [1.165, 1.54) is 4.90 Å². The number of hydrogen-bond acceptors (Lipinski definition) is 3. The zero-order valence-corrected chi connectivity index (χ0v) is 12.2. The average molecular weight is 259 g/mol. The molecule has 1 rings (SSSR count). The summed E-state index contributed by atoms with van der Waals surface area (Å²) in [6.07, 6.45) is 3.95. The van der Waals surface area contributed by atoms with Gasteiger partial charge in [0.25, 0.3) is 0 Å². The van der Waals surface area contributed by atoms with E-state index in [1.54, 1.807) is 19.5 Å². The van der Waals surface area contributed by atoms with E-state index in [0.717, 1.165) is 6.42 Å². The molecular weight excluding hydrogens is 237 g/mol. The van der Waals surface area contributed by atoms with Crippen LogP contribution in [0.2, 0.25) is 0 Å². The highest BCUT2D eigenvalue weighted by atomic mass is 31.2. The Hall–Kier alpha value is -0.760. The number of rotatable bonds is 1. The van der Waals surface area contributed by atoms with Crippen molar-refractivity contribution in [3.8, 4) is 0 Å². The van der Waals surface area contributed by atoms with Gasteiger partial charge in [0.15, 0.2) is 0 Å². The predicted molar refractivity (Wildman–Crippen MR) is 69.9 cm³/mol. The fourth-order valence-electron chi connectivity index (χ4n) is 1.64. The molecule has 0 spiro atoms. The largest absolute Gasteiger partial charge is 0.443 e. The lowest BCUT2D eigenvalue weighted by atomic mass is 10.2. The maximum absolute atomic E-state index is 11.9. The predicted octanol–water partition coefficient (Wildman–Crippen LogP) is 3.13. The van der Waals surface area contributed by atoms with Gasteiger partial charge in [0.05, 0.1) is 7.14 Å². The van der Waals surface area contributed by atoms with Gasteiger partial charge in [-0.15, -0.1) is 0 Å². The lowest BCUT2D eigenvalue weighted by molar-refractivity contribution is 0.0327. The van der Waals surface area contributed by atoms with Crippen molar-refractivity contribution in [3.63, 3.8) is 0 Å². The first-order valence-corrected chi connectivity index (χ1v) is 8.49. The van der Waals surface area contributed by atoms with Crippen molar-refractivity contribution >= 4 is 13.2 Å². The van der Waals surface area contributed by atoms with Crippen LogP contribution in [-0.4, -0.2) is 42.1 Å². The molecule has 1 aliphatic rings. The number of nitrogens with zero attached hydrogens (tertiary/aromatic N) is 1. The summed E-state index contributed by atoms with van der Waals surface area (Å²) < 4.78 is 17.2. The Bertz CT molecular complexity index is 364. The highest BCUT2D eigenvalue weighted by molar-refractivity contribution is 7.63. The molecule has 0 fully saturated rings. The zero-order chi connectivity index (χ0) is 13.3. The van der Waals surface area contributed by atoms with Crippen LogP contribution in [0.4, 0.5) is 4.79 Å². The molecule has 0 aromatic carbocycles. The van der Waals surface area contributed by atoms with Crippen molar-refractivity contribution in [2.45, 2.75) is 38.5 Å². The van der Waals surface area contributed by atoms with E-state index in [0.29, 0.717) is 6.54 Å². The van der Waals surface area contributed by atoms with E-state index in [2.05, 4.69) is 0 Å². The normalized spacial score (nSPS) is 21.5. The molecule has 17 heavy (non-hydrogen) atoms. The van der Waals surface area contributed by atoms with Crippen LogP contribution in [0.1, 0.15) is 27.2 Å². The van der Waals surface area contributed by atoms with Crippen molar-refractivity contribution in [2.24, 2.45) is 0 Å². The van der Waals surface area contributed by atoms with Crippen LogP contribution >= 0.6 is 7.14 Å². The third-order valence-electron chi connectivity index (χ3n) is 2.58. The molecule has 0 saturated carbocycles. The van der Waals surface area contributed by atoms with Gasteiger partial charge in [-0.2, -0.15) is 0 Å². The summed E-state index contributed by atoms with van der Waals surface area (Å²) in [7, 11) is -2.10. The van der Waals surface area contributed by atoms with Gasteiger partial charge >= 0.3 is 6.09 Å². The summed E-state index contributed by atoms with van der Waals surface area (Å²) in [6.45, 7) is 9.66. The molecule has 5 heteroatoms. The summed E-state index contributed by atoms with van der Waals surface area (Å²) >= 11 is 0. The van der Waals surface area contributed by atoms with Gasteiger partial charge in [-0.25, -0.2) is 4.79 Å². The highest BCUT2D eigenvalue weighted by Crippen LogP contribution is 2.45. The van der Waals surface area contributed by atoms with Crippen molar-refractivity contribution in [2.75, 3.05) is 19.9 Å². The fourth-order valence-corrected chi connectivity index (χ4v) is 2.87. The van der Waals surface area contributed by atoms with E-state index in [4.69, 9.17) is 4.74 Å². The quantitative estimate of drug-likeness (QED) is 0.680. The van der Waals surface area contributed by atoms with E-state index in [1.807, 2.05) is 26.8 Å². The minimum Gasteiger partial charge on any atom is -0.443 e. The zero-order valence-electron chi connectivity index (χ0n) is 11.3. The van der Waals surface area contributed by atoms with Crippen molar-refractivity contribution < 1.29 is 14.1 Å². The van der Waals surface area contributed by atoms with Crippen LogP contribution < -0.4 is 0 Å². The molecule has 0 bridgehead atoms. The molecule has 98 valence electrons. The molecule has 0 aromatic rings. The monoisotopic (exact) mass is 259 g/mol.